The van der Waals surface area contributed by atoms with Crippen molar-refractivity contribution in [3.05, 3.63) is 88.0 Å². The third-order valence-corrected chi connectivity index (χ3v) is 10.8. The number of fused-ring (bicyclic) bond motifs is 1. The SMILES string of the molecule is CNC(=O)c1c(-c2ccc(F)cc2)oc2cc(CS(=O)(=O)NCc3ccc(B4OC(C)(C)C(C)(C)O4)c(C(=O)OC)c3F)c(C3CC3)cc12. The third-order valence-electron chi connectivity index (χ3n) is 9.51. The molecule has 1 saturated heterocycles. The molecule has 0 bridgehead atoms. The summed E-state index contributed by atoms with van der Waals surface area (Å²) in [7, 11) is -2.50. The van der Waals surface area contributed by atoms with Crippen LogP contribution < -0.4 is 15.5 Å². The summed E-state index contributed by atoms with van der Waals surface area (Å²) in [4.78, 5) is 25.8. The first-order chi connectivity index (χ1) is 23.1. The molecule has 258 valence electrons. The molecule has 4 aromatic rings. The number of halogens is 2. The predicted molar refractivity (Wildman–Crippen MR) is 180 cm³/mol. The molecule has 1 aromatic heterocycles. The fraction of sp³-hybridized carbons (Fsp3) is 0.371. The van der Waals surface area contributed by atoms with Crippen molar-refractivity contribution in [3.8, 4) is 11.3 Å². The Balaban J connectivity index is 1.30. The number of nitrogens with one attached hydrogen (secondary N) is 2. The fourth-order valence-electron chi connectivity index (χ4n) is 5.95. The second-order valence-electron chi connectivity index (χ2n) is 13.4. The van der Waals surface area contributed by atoms with E-state index in [1.807, 2.05) is 27.7 Å². The van der Waals surface area contributed by atoms with E-state index in [-0.39, 0.29) is 28.3 Å². The van der Waals surface area contributed by atoms with Gasteiger partial charge < -0.3 is 23.8 Å². The molecule has 1 aliphatic carbocycles. The highest BCUT2D eigenvalue weighted by molar-refractivity contribution is 7.88. The summed E-state index contributed by atoms with van der Waals surface area (Å²) in [5.41, 5.74) is 0.426. The van der Waals surface area contributed by atoms with Gasteiger partial charge in [0.05, 0.1) is 35.2 Å². The number of carbonyl (C=O) groups excluding carboxylic acids is 2. The minimum atomic E-state index is -4.07. The van der Waals surface area contributed by atoms with Crippen molar-refractivity contribution in [2.24, 2.45) is 0 Å². The van der Waals surface area contributed by atoms with E-state index in [0.717, 1.165) is 25.5 Å². The molecule has 0 unspecified atom stereocenters. The van der Waals surface area contributed by atoms with Crippen molar-refractivity contribution in [3.63, 3.8) is 0 Å². The van der Waals surface area contributed by atoms with Gasteiger partial charge in [-0.1, -0.05) is 12.1 Å². The number of amides is 1. The lowest BCUT2D eigenvalue weighted by atomic mass is 9.75. The molecule has 0 spiro atoms. The van der Waals surface area contributed by atoms with Gasteiger partial charge in [0.15, 0.2) is 0 Å². The van der Waals surface area contributed by atoms with E-state index in [1.54, 1.807) is 12.1 Å². The van der Waals surface area contributed by atoms with Crippen LogP contribution in [-0.2, 0) is 36.4 Å². The molecular weight excluding hydrogens is 657 g/mol. The molecule has 3 aromatic carbocycles. The lowest BCUT2D eigenvalue weighted by molar-refractivity contribution is 0.00578. The minimum absolute atomic E-state index is 0.0766. The van der Waals surface area contributed by atoms with Gasteiger partial charge in [-0.2, -0.15) is 0 Å². The smallest absolute Gasteiger partial charge is 0.465 e. The van der Waals surface area contributed by atoms with Crippen molar-refractivity contribution in [1.82, 2.24) is 10.0 Å². The summed E-state index contributed by atoms with van der Waals surface area (Å²) in [5.74, 6) is -2.88. The molecule has 10 nitrogen and oxygen atoms in total. The Hall–Kier alpha value is -4.11. The van der Waals surface area contributed by atoms with Crippen LogP contribution in [0, 0.1) is 11.6 Å². The molecule has 14 heteroatoms. The van der Waals surface area contributed by atoms with Crippen LogP contribution in [0.2, 0.25) is 0 Å². The van der Waals surface area contributed by atoms with Gasteiger partial charge in [-0.15, -0.1) is 0 Å². The summed E-state index contributed by atoms with van der Waals surface area (Å²) < 4.78 is 82.1. The summed E-state index contributed by atoms with van der Waals surface area (Å²) in [6, 6.07) is 11.8. The van der Waals surface area contributed by atoms with Gasteiger partial charge in [0.2, 0.25) is 10.0 Å². The first kappa shape index (κ1) is 34.7. The lowest BCUT2D eigenvalue weighted by Gasteiger charge is -2.32. The fourth-order valence-corrected chi connectivity index (χ4v) is 7.08. The van der Waals surface area contributed by atoms with E-state index in [1.165, 1.54) is 43.4 Å². The van der Waals surface area contributed by atoms with Gasteiger partial charge >= 0.3 is 13.1 Å². The number of rotatable bonds is 10. The van der Waals surface area contributed by atoms with Crippen molar-refractivity contribution < 1.29 is 45.3 Å². The molecule has 6 rings (SSSR count). The van der Waals surface area contributed by atoms with Crippen LogP contribution >= 0.6 is 0 Å². The molecule has 49 heavy (non-hydrogen) atoms. The molecule has 1 saturated carbocycles. The van der Waals surface area contributed by atoms with Crippen molar-refractivity contribution in [2.75, 3.05) is 14.2 Å². The van der Waals surface area contributed by atoms with Crippen molar-refractivity contribution in [2.45, 2.75) is 70.0 Å². The number of ether oxygens (including phenoxy) is 1. The van der Waals surface area contributed by atoms with Gasteiger partial charge in [0.25, 0.3) is 5.91 Å². The summed E-state index contributed by atoms with van der Waals surface area (Å²) in [5, 5.41) is 3.13. The second kappa shape index (κ2) is 12.7. The molecule has 2 aliphatic rings. The quantitative estimate of drug-likeness (QED) is 0.169. The Bertz CT molecular complexity index is 2060. The molecule has 2 N–H and O–H groups in total. The predicted octanol–water partition coefficient (Wildman–Crippen LogP) is 5.32. The van der Waals surface area contributed by atoms with Crippen LogP contribution in [0.1, 0.15) is 83.9 Å². The Morgan fingerprint density at radius 2 is 1.61 bits per heavy atom. The average molecular weight is 695 g/mol. The Labute approximate surface area is 283 Å². The van der Waals surface area contributed by atoms with Crippen LogP contribution in [-0.4, -0.2) is 52.8 Å². The maximum atomic E-state index is 15.9. The van der Waals surface area contributed by atoms with Crippen LogP contribution in [0.3, 0.4) is 0 Å². The van der Waals surface area contributed by atoms with Gasteiger partial charge in [0, 0.05) is 30.1 Å². The zero-order chi connectivity index (χ0) is 35.5. The van der Waals surface area contributed by atoms with E-state index < -0.39 is 69.7 Å². The molecule has 1 aliphatic heterocycles. The van der Waals surface area contributed by atoms with E-state index >= 15 is 4.39 Å². The Morgan fingerprint density at radius 1 is 0.959 bits per heavy atom. The summed E-state index contributed by atoms with van der Waals surface area (Å²) in [6.45, 7) is 6.86. The highest BCUT2D eigenvalue weighted by atomic mass is 32.2. The monoisotopic (exact) mass is 694 g/mol. The molecule has 2 heterocycles. The van der Waals surface area contributed by atoms with E-state index in [9.17, 15) is 22.4 Å². The largest absolute Gasteiger partial charge is 0.495 e. The van der Waals surface area contributed by atoms with Gasteiger partial charge in [-0.25, -0.2) is 26.7 Å². The topological polar surface area (TPSA) is 133 Å². The highest BCUT2D eigenvalue weighted by Crippen LogP contribution is 2.45. The average Bonchev–Trinajstić information content (AvgIpc) is 3.78. The number of hydrogen-bond acceptors (Lipinski definition) is 8. The normalized spacial score (nSPS) is 17.0. The van der Waals surface area contributed by atoms with Crippen LogP contribution in [0.4, 0.5) is 8.78 Å². The Kier molecular flexibility index (Phi) is 8.97. The van der Waals surface area contributed by atoms with E-state index in [2.05, 4.69) is 10.0 Å². The van der Waals surface area contributed by atoms with Gasteiger partial charge in [-0.05, 0) is 99.4 Å². The van der Waals surface area contributed by atoms with Crippen molar-refractivity contribution >= 4 is 45.5 Å². The highest BCUT2D eigenvalue weighted by Gasteiger charge is 2.53. The number of furan rings is 1. The standard InChI is InChI=1S/C35H37BF2N2O8S/c1-34(2)35(3,4)48-36(47-34)26-14-11-21(30(38)29(26)33(42)45-6)17-40-49(43,44)18-22-15-27-25(16-24(22)19-7-8-19)28(32(41)39-5)31(46-27)20-9-12-23(37)13-10-20/h9-16,19,40H,7-8,17-18H2,1-6H3,(H,39,41). The van der Waals surface area contributed by atoms with E-state index in [4.69, 9.17) is 18.5 Å². The van der Waals surface area contributed by atoms with Crippen LogP contribution in [0.5, 0.6) is 0 Å². The van der Waals surface area contributed by atoms with Gasteiger partial charge in [-0.3, -0.25) is 4.79 Å². The van der Waals surface area contributed by atoms with Gasteiger partial charge in [0.1, 0.15) is 23.0 Å². The number of esters is 1. The van der Waals surface area contributed by atoms with Crippen LogP contribution in [0.15, 0.2) is 52.9 Å². The summed E-state index contributed by atoms with van der Waals surface area (Å²) in [6.07, 6.45) is 1.70. The first-order valence-electron chi connectivity index (χ1n) is 15.9. The zero-order valence-corrected chi connectivity index (χ0v) is 28.8. The summed E-state index contributed by atoms with van der Waals surface area (Å²) >= 11 is 0. The zero-order valence-electron chi connectivity index (χ0n) is 28.0. The number of sulfonamides is 1. The maximum Gasteiger partial charge on any atom is 0.495 e. The minimum Gasteiger partial charge on any atom is -0.465 e. The van der Waals surface area contributed by atoms with E-state index in [0.29, 0.717) is 22.1 Å². The molecular formula is C35H37BF2N2O8S. The second-order valence-corrected chi connectivity index (χ2v) is 15.2. The lowest BCUT2D eigenvalue weighted by Crippen LogP contribution is -2.41. The molecule has 1 amide bonds. The number of carbonyl (C=O) groups is 2. The number of methoxy groups -OCH3 is 1. The Morgan fingerprint density at radius 3 is 2.20 bits per heavy atom. The van der Waals surface area contributed by atoms with Crippen LogP contribution in [0.25, 0.3) is 22.3 Å². The maximum absolute atomic E-state index is 15.9. The van der Waals surface area contributed by atoms with Crippen molar-refractivity contribution in [1.29, 1.82) is 0 Å². The molecule has 0 atom stereocenters. The third kappa shape index (κ3) is 6.62. The first-order valence-corrected chi connectivity index (χ1v) is 17.5. The number of hydrogen-bond donors (Lipinski definition) is 2. The molecule has 2 fully saturated rings. The molecule has 0 radical (unpaired) electrons. The number of benzene rings is 3.